The van der Waals surface area contributed by atoms with Crippen molar-refractivity contribution in [2.45, 2.75) is 10.8 Å². The van der Waals surface area contributed by atoms with Crippen LogP contribution in [0.3, 0.4) is 0 Å². The summed E-state index contributed by atoms with van der Waals surface area (Å²) in [6.07, 6.45) is 0. The van der Waals surface area contributed by atoms with Crippen molar-refractivity contribution in [3.8, 4) is 0 Å². The summed E-state index contributed by atoms with van der Waals surface area (Å²) in [5.41, 5.74) is -1.89. The summed E-state index contributed by atoms with van der Waals surface area (Å²) in [6, 6.07) is 7.25. The Bertz CT molecular complexity index is 1040. The molecule has 156 valence electrons. The van der Waals surface area contributed by atoms with Crippen LogP contribution in [0.5, 0.6) is 0 Å². The van der Waals surface area contributed by atoms with Crippen LogP contribution in [-0.2, 0) is 18.3 Å². The van der Waals surface area contributed by atoms with E-state index in [1.807, 2.05) is 0 Å². The quantitative estimate of drug-likeness (QED) is 0.278. The predicted molar refractivity (Wildman–Crippen MR) is 97.6 cm³/mol. The van der Waals surface area contributed by atoms with Gasteiger partial charge in [-0.15, -0.1) is 0 Å². The van der Waals surface area contributed by atoms with Crippen LogP contribution in [0.4, 0.5) is 0 Å². The van der Waals surface area contributed by atoms with Crippen LogP contribution in [0.15, 0.2) is 36.4 Å². The molecule has 0 aliphatic heterocycles. The maximum atomic E-state index is 11.9. The van der Waals surface area contributed by atoms with Crippen molar-refractivity contribution in [2.24, 2.45) is 0 Å². The molecule has 0 aliphatic rings. The number of fused-ring (bicyclic) bond motifs is 1. The van der Waals surface area contributed by atoms with E-state index >= 15 is 0 Å². The molecule has 0 fully saturated rings. The molecule has 16 heteroatoms. The fourth-order valence-corrected chi connectivity index (χ4v) is 8.48. The van der Waals surface area contributed by atoms with E-state index in [2.05, 4.69) is 0 Å². The molecule has 2 aromatic carbocycles. The third-order valence-electron chi connectivity index (χ3n) is 3.82. The molecule has 0 aromatic heterocycles. The Morgan fingerprint density at radius 2 is 1.00 bits per heavy atom. The molecule has 0 saturated carbocycles. The zero-order valence-corrected chi connectivity index (χ0v) is 17.2. The number of hydrogen-bond acceptors (Lipinski definition) is 4. The predicted octanol–water partition coefficient (Wildman–Crippen LogP) is 1.55. The Labute approximate surface area is 157 Å². The van der Waals surface area contributed by atoms with E-state index in [0.717, 1.165) is 18.2 Å². The van der Waals surface area contributed by atoms with Gasteiger partial charge in [0.05, 0.1) is 0 Å². The largest absolute Gasteiger partial charge is 0.345 e. The number of hydrogen-bond donors (Lipinski definition) is 8. The van der Waals surface area contributed by atoms with Crippen LogP contribution in [-0.4, -0.2) is 39.1 Å². The van der Waals surface area contributed by atoms with E-state index in [1.54, 1.807) is 0 Å². The van der Waals surface area contributed by atoms with E-state index in [0.29, 0.717) is 0 Å². The first kappa shape index (κ1) is 23.6. The van der Waals surface area contributed by atoms with Gasteiger partial charge in [0, 0.05) is 0 Å². The van der Waals surface area contributed by atoms with Gasteiger partial charge in [0.25, 0.3) is 0 Å². The van der Waals surface area contributed by atoms with E-state index < -0.39 is 52.3 Å². The molecule has 0 heterocycles. The Morgan fingerprint density at radius 1 is 0.571 bits per heavy atom. The molecule has 8 N–H and O–H groups in total. The third kappa shape index (κ3) is 4.89. The topological polar surface area (TPSA) is 230 Å². The van der Waals surface area contributed by atoms with Crippen LogP contribution in [0.1, 0.15) is 21.9 Å². The maximum Gasteiger partial charge on any atom is 0.345 e. The first-order valence-corrected chi connectivity index (χ1v) is 13.9. The molecular formula is C12H16O12P4. The van der Waals surface area contributed by atoms with E-state index in [1.165, 1.54) is 18.2 Å². The normalized spacial score (nSPS) is 14.2. The first-order valence-electron chi connectivity index (χ1n) is 7.18. The highest BCUT2D eigenvalue weighted by atomic mass is 31.2. The van der Waals surface area contributed by atoms with Gasteiger partial charge in [-0.3, -0.25) is 18.3 Å². The van der Waals surface area contributed by atoms with Crippen LogP contribution < -0.4 is 0 Å². The standard InChI is InChI=1S/C12H16O12P4/c13-25(14,15)11(26(16,17)18)9-6-5-7-3-1-2-4-8(7)10(9)12(27(19,20)21)28(22,23)24/h1-6,11-12H,(H2,13,14,15)(H2,16,17,18)(H2,19,20,21)(H2,22,23,24). The lowest BCUT2D eigenvalue weighted by Gasteiger charge is -2.28. The van der Waals surface area contributed by atoms with Crippen molar-refractivity contribution in [2.75, 3.05) is 0 Å². The summed E-state index contributed by atoms with van der Waals surface area (Å²) in [6.45, 7) is 0. The summed E-state index contributed by atoms with van der Waals surface area (Å²) < 4.78 is 47.4. The van der Waals surface area contributed by atoms with E-state index in [4.69, 9.17) is 0 Å². The fraction of sp³-hybridized carbons (Fsp3) is 0.167. The maximum absolute atomic E-state index is 11.9. The minimum Gasteiger partial charge on any atom is -0.324 e. The van der Waals surface area contributed by atoms with Crippen LogP contribution in [0, 0.1) is 0 Å². The Balaban J connectivity index is 3.11. The molecule has 0 spiro atoms. The van der Waals surface area contributed by atoms with Crippen molar-refractivity contribution < 1.29 is 57.4 Å². The molecule has 0 unspecified atom stereocenters. The van der Waals surface area contributed by atoms with Gasteiger partial charge < -0.3 is 39.1 Å². The van der Waals surface area contributed by atoms with Gasteiger partial charge in [0.15, 0.2) is 10.8 Å². The summed E-state index contributed by atoms with van der Waals surface area (Å²) in [5, 5.41) is -5.83. The fourth-order valence-electron chi connectivity index (χ4n) is 2.92. The second-order valence-electron chi connectivity index (χ2n) is 5.89. The highest BCUT2D eigenvalue weighted by Crippen LogP contribution is 2.75. The Kier molecular flexibility index (Phi) is 6.34. The summed E-state index contributed by atoms with van der Waals surface area (Å²) in [5.74, 6) is 0. The molecule has 12 nitrogen and oxygen atoms in total. The highest BCUT2D eigenvalue weighted by molar-refractivity contribution is 7.71. The summed E-state index contributed by atoms with van der Waals surface area (Å²) in [4.78, 5) is 76.2. The Hall–Kier alpha value is -0.700. The van der Waals surface area contributed by atoms with Crippen molar-refractivity contribution in [3.05, 3.63) is 47.5 Å². The SMILES string of the molecule is O=P(O)(O)C(c1ccc2ccccc2c1C(P(=O)(O)O)P(=O)(O)O)P(=O)(O)O. The molecule has 0 aliphatic carbocycles. The lowest BCUT2D eigenvalue weighted by atomic mass is 10.0. The van der Waals surface area contributed by atoms with Crippen molar-refractivity contribution in [3.63, 3.8) is 0 Å². The van der Waals surface area contributed by atoms with Crippen molar-refractivity contribution in [1.82, 2.24) is 0 Å². The van der Waals surface area contributed by atoms with Gasteiger partial charge in [-0.05, 0) is 21.9 Å². The van der Waals surface area contributed by atoms with E-state index in [9.17, 15) is 57.4 Å². The minimum atomic E-state index is -5.66. The summed E-state index contributed by atoms with van der Waals surface area (Å²) in [7, 11) is -22.6. The molecular weight excluding hydrogens is 460 g/mol. The molecule has 0 amide bonds. The molecule has 0 saturated heterocycles. The summed E-state index contributed by atoms with van der Waals surface area (Å²) >= 11 is 0. The minimum absolute atomic E-state index is 0.170. The monoisotopic (exact) mass is 476 g/mol. The molecule has 0 atom stereocenters. The average Bonchev–Trinajstić information content (AvgIpc) is 2.43. The van der Waals surface area contributed by atoms with Crippen molar-refractivity contribution >= 4 is 41.2 Å². The zero-order chi connectivity index (χ0) is 21.7. The lowest BCUT2D eigenvalue weighted by molar-refractivity contribution is 0.331. The highest BCUT2D eigenvalue weighted by Gasteiger charge is 2.52. The number of benzene rings is 2. The van der Waals surface area contributed by atoms with Crippen molar-refractivity contribution in [1.29, 1.82) is 0 Å². The first-order chi connectivity index (χ1) is 12.5. The van der Waals surface area contributed by atoms with Gasteiger partial charge in [-0.2, -0.15) is 0 Å². The van der Waals surface area contributed by atoms with Crippen LogP contribution in [0.25, 0.3) is 10.8 Å². The Morgan fingerprint density at radius 3 is 1.43 bits per heavy atom. The average molecular weight is 476 g/mol. The molecule has 2 aromatic rings. The van der Waals surface area contributed by atoms with Gasteiger partial charge in [-0.1, -0.05) is 36.4 Å². The zero-order valence-electron chi connectivity index (χ0n) is 13.6. The van der Waals surface area contributed by atoms with Gasteiger partial charge in [0.1, 0.15) is 0 Å². The molecule has 0 bridgehead atoms. The second-order valence-corrected chi connectivity index (χ2v) is 13.5. The van der Waals surface area contributed by atoms with Gasteiger partial charge in [0.2, 0.25) is 0 Å². The lowest BCUT2D eigenvalue weighted by Crippen LogP contribution is -2.10. The van der Waals surface area contributed by atoms with Crippen LogP contribution >= 0.6 is 30.4 Å². The smallest absolute Gasteiger partial charge is 0.324 e. The third-order valence-corrected chi connectivity index (χ3v) is 11.0. The molecule has 28 heavy (non-hydrogen) atoms. The molecule has 0 radical (unpaired) electrons. The van der Waals surface area contributed by atoms with Crippen LogP contribution in [0.2, 0.25) is 0 Å². The van der Waals surface area contributed by atoms with Gasteiger partial charge in [-0.25, -0.2) is 0 Å². The van der Waals surface area contributed by atoms with Gasteiger partial charge >= 0.3 is 30.4 Å². The number of rotatable bonds is 6. The van der Waals surface area contributed by atoms with E-state index in [-0.39, 0.29) is 10.8 Å². The molecule has 2 rings (SSSR count). The second kappa shape index (κ2) is 7.52.